The maximum Gasteiger partial charge on any atom is 0.416 e. The molecule has 3 nitrogen and oxygen atoms in total. The number of aliphatic hydroxyl groups excluding tert-OH is 1. The molecule has 0 saturated carbocycles. The second-order valence-electron chi connectivity index (χ2n) is 6.52. The van der Waals surface area contributed by atoms with Gasteiger partial charge in [-0.05, 0) is 49.1 Å². The molecule has 0 unspecified atom stereocenters. The zero-order chi connectivity index (χ0) is 19.6. The van der Waals surface area contributed by atoms with Crippen molar-refractivity contribution < 1.29 is 18.3 Å². The Hall–Kier alpha value is -2.60. The summed E-state index contributed by atoms with van der Waals surface area (Å²) in [4.78, 5) is 0. The first-order valence-electron chi connectivity index (χ1n) is 8.70. The maximum absolute atomic E-state index is 12.8. The van der Waals surface area contributed by atoms with Crippen LogP contribution in [0.1, 0.15) is 28.1 Å². The standard InChI is InChI=1S/C21H21F3N2O/c1-14-20(15(2)26(25-14)11-12-27)19-6-4-3-5-17(19)13-16-7-9-18(10-8-16)21(22,23)24/h3-10,27H,11-13H2,1-2H3. The molecule has 1 heterocycles. The Labute approximate surface area is 156 Å². The van der Waals surface area contributed by atoms with Crippen LogP contribution in [0.2, 0.25) is 0 Å². The van der Waals surface area contributed by atoms with Crippen molar-refractivity contribution in [1.29, 1.82) is 0 Å². The zero-order valence-corrected chi connectivity index (χ0v) is 15.2. The van der Waals surface area contributed by atoms with Crippen LogP contribution in [0.5, 0.6) is 0 Å². The van der Waals surface area contributed by atoms with Gasteiger partial charge in [-0.3, -0.25) is 4.68 Å². The molecule has 0 fully saturated rings. The van der Waals surface area contributed by atoms with Crippen LogP contribution in [-0.2, 0) is 19.1 Å². The molecule has 6 heteroatoms. The second kappa shape index (κ2) is 7.56. The number of aryl methyl sites for hydroxylation is 1. The highest BCUT2D eigenvalue weighted by Gasteiger charge is 2.29. The second-order valence-corrected chi connectivity index (χ2v) is 6.52. The summed E-state index contributed by atoms with van der Waals surface area (Å²) < 4.78 is 40.1. The molecular formula is C21H21F3N2O. The van der Waals surface area contributed by atoms with Crippen molar-refractivity contribution in [3.05, 3.63) is 76.6 Å². The summed E-state index contributed by atoms with van der Waals surface area (Å²) in [5.74, 6) is 0. The van der Waals surface area contributed by atoms with Crippen molar-refractivity contribution in [1.82, 2.24) is 9.78 Å². The van der Waals surface area contributed by atoms with Gasteiger partial charge in [-0.1, -0.05) is 36.4 Å². The SMILES string of the molecule is Cc1nn(CCO)c(C)c1-c1ccccc1Cc1ccc(C(F)(F)F)cc1. The lowest BCUT2D eigenvalue weighted by Crippen LogP contribution is -2.06. The largest absolute Gasteiger partial charge is 0.416 e. The fraction of sp³-hybridized carbons (Fsp3) is 0.286. The number of aliphatic hydroxyl groups is 1. The maximum atomic E-state index is 12.8. The van der Waals surface area contributed by atoms with E-state index in [1.165, 1.54) is 12.1 Å². The lowest BCUT2D eigenvalue weighted by Gasteiger charge is -2.12. The molecule has 2 aromatic carbocycles. The summed E-state index contributed by atoms with van der Waals surface area (Å²) in [5.41, 5.74) is 5.03. The molecule has 0 bridgehead atoms. The number of benzene rings is 2. The Kier molecular flexibility index (Phi) is 5.37. The van der Waals surface area contributed by atoms with Gasteiger partial charge in [-0.2, -0.15) is 18.3 Å². The fourth-order valence-corrected chi connectivity index (χ4v) is 3.35. The lowest BCUT2D eigenvalue weighted by molar-refractivity contribution is -0.137. The van der Waals surface area contributed by atoms with Crippen LogP contribution in [0.25, 0.3) is 11.1 Å². The molecule has 0 amide bonds. The van der Waals surface area contributed by atoms with Crippen LogP contribution in [0.15, 0.2) is 48.5 Å². The predicted octanol–water partition coefficient (Wildman–Crippen LogP) is 4.77. The molecule has 3 rings (SSSR count). The van der Waals surface area contributed by atoms with Crippen molar-refractivity contribution in [3.8, 4) is 11.1 Å². The Bertz CT molecular complexity index is 928. The Balaban J connectivity index is 1.96. The third-order valence-corrected chi connectivity index (χ3v) is 4.66. The molecule has 0 spiro atoms. The number of hydrogen-bond donors (Lipinski definition) is 1. The highest BCUT2D eigenvalue weighted by atomic mass is 19.4. The van der Waals surface area contributed by atoms with E-state index in [1.807, 2.05) is 38.1 Å². The highest BCUT2D eigenvalue weighted by Crippen LogP contribution is 2.32. The van der Waals surface area contributed by atoms with E-state index in [2.05, 4.69) is 5.10 Å². The number of hydrogen-bond acceptors (Lipinski definition) is 2. The molecule has 0 aliphatic rings. The van der Waals surface area contributed by atoms with Crippen molar-refractivity contribution >= 4 is 0 Å². The number of alkyl halides is 3. The molecule has 0 atom stereocenters. The molecule has 0 aliphatic carbocycles. The topological polar surface area (TPSA) is 38.0 Å². The summed E-state index contributed by atoms with van der Waals surface area (Å²) in [5, 5.41) is 13.7. The van der Waals surface area contributed by atoms with Gasteiger partial charge >= 0.3 is 6.18 Å². The summed E-state index contributed by atoms with van der Waals surface area (Å²) in [6.45, 7) is 4.31. The van der Waals surface area contributed by atoms with E-state index in [1.54, 1.807) is 4.68 Å². The van der Waals surface area contributed by atoms with Gasteiger partial charge in [-0.15, -0.1) is 0 Å². The fourth-order valence-electron chi connectivity index (χ4n) is 3.35. The van der Waals surface area contributed by atoms with Crippen LogP contribution in [-0.4, -0.2) is 21.5 Å². The number of aromatic nitrogens is 2. The van der Waals surface area contributed by atoms with Crippen molar-refractivity contribution in [2.24, 2.45) is 0 Å². The molecule has 0 saturated heterocycles. The Morgan fingerprint density at radius 1 is 1.00 bits per heavy atom. The van der Waals surface area contributed by atoms with Gasteiger partial charge in [0.1, 0.15) is 0 Å². The number of halogens is 3. The minimum Gasteiger partial charge on any atom is -0.394 e. The van der Waals surface area contributed by atoms with E-state index in [0.717, 1.165) is 45.8 Å². The normalized spacial score (nSPS) is 11.8. The molecule has 0 radical (unpaired) electrons. The van der Waals surface area contributed by atoms with Gasteiger partial charge < -0.3 is 5.11 Å². The third-order valence-electron chi connectivity index (χ3n) is 4.66. The molecule has 1 aromatic heterocycles. The van der Waals surface area contributed by atoms with Gasteiger partial charge in [0.15, 0.2) is 0 Å². The van der Waals surface area contributed by atoms with Crippen LogP contribution in [0, 0.1) is 13.8 Å². The monoisotopic (exact) mass is 374 g/mol. The van der Waals surface area contributed by atoms with E-state index in [-0.39, 0.29) is 6.61 Å². The Morgan fingerprint density at radius 3 is 2.30 bits per heavy atom. The minimum atomic E-state index is -4.33. The summed E-state index contributed by atoms with van der Waals surface area (Å²) in [6, 6.07) is 13.1. The average Bonchev–Trinajstić information content (AvgIpc) is 2.89. The zero-order valence-electron chi connectivity index (χ0n) is 15.2. The molecule has 1 N–H and O–H groups in total. The van der Waals surface area contributed by atoms with E-state index in [4.69, 9.17) is 0 Å². The molecule has 3 aromatic rings. The molecule has 142 valence electrons. The van der Waals surface area contributed by atoms with Gasteiger partial charge in [0, 0.05) is 11.3 Å². The highest BCUT2D eigenvalue weighted by molar-refractivity contribution is 5.72. The van der Waals surface area contributed by atoms with Crippen molar-refractivity contribution in [3.63, 3.8) is 0 Å². The van der Waals surface area contributed by atoms with Gasteiger partial charge in [0.25, 0.3) is 0 Å². The predicted molar refractivity (Wildman–Crippen MR) is 98.5 cm³/mol. The smallest absolute Gasteiger partial charge is 0.394 e. The average molecular weight is 374 g/mol. The van der Waals surface area contributed by atoms with Crippen LogP contribution >= 0.6 is 0 Å². The van der Waals surface area contributed by atoms with Gasteiger partial charge in [0.2, 0.25) is 0 Å². The number of rotatable bonds is 5. The van der Waals surface area contributed by atoms with Crippen LogP contribution in [0.3, 0.4) is 0 Å². The van der Waals surface area contributed by atoms with E-state index < -0.39 is 11.7 Å². The minimum absolute atomic E-state index is 0.00853. The lowest BCUT2D eigenvalue weighted by atomic mass is 9.93. The quantitative estimate of drug-likeness (QED) is 0.699. The first-order valence-corrected chi connectivity index (χ1v) is 8.70. The first-order chi connectivity index (χ1) is 12.8. The van der Waals surface area contributed by atoms with E-state index in [0.29, 0.717) is 13.0 Å². The van der Waals surface area contributed by atoms with Crippen molar-refractivity contribution in [2.75, 3.05) is 6.61 Å². The summed E-state index contributed by atoms with van der Waals surface area (Å²) in [6.07, 6.45) is -3.80. The van der Waals surface area contributed by atoms with E-state index >= 15 is 0 Å². The Morgan fingerprint density at radius 2 is 1.67 bits per heavy atom. The molecule has 0 aliphatic heterocycles. The molecule has 27 heavy (non-hydrogen) atoms. The summed E-state index contributed by atoms with van der Waals surface area (Å²) >= 11 is 0. The van der Waals surface area contributed by atoms with Gasteiger partial charge in [0.05, 0.1) is 24.4 Å². The van der Waals surface area contributed by atoms with Crippen LogP contribution in [0.4, 0.5) is 13.2 Å². The first kappa shape index (κ1) is 19.2. The van der Waals surface area contributed by atoms with Crippen LogP contribution < -0.4 is 0 Å². The van der Waals surface area contributed by atoms with Crippen molar-refractivity contribution in [2.45, 2.75) is 33.0 Å². The third kappa shape index (κ3) is 4.06. The molecular weight excluding hydrogens is 353 g/mol. The van der Waals surface area contributed by atoms with Gasteiger partial charge in [-0.25, -0.2) is 0 Å². The number of nitrogens with zero attached hydrogens (tertiary/aromatic N) is 2. The van der Waals surface area contributed by atoms with E-state index in [9.17, 15) is 18.3 Å². The summed E-state index contributed by atoms with van der Waals surface area (Å²) in [7, 11) is 0.